The van der Waals surface area contributed by atoms with E-state index in [-0.39, 0.29) is 6.10 Å². The predicted octanol–water partition coefficient (Wildman–Crippen LogP) is 0.734. The molecule has 0 spiro atoms. The summed E-state index contributed by atoms with van der Waals surface area (Å²) < 4.78 is 5.47. The van der Waals surface area contributed by atoms with Crippen LogP contribution in [0.25, 0.3) is 0 Å². The van der Waals surface area contributed by atoms with Crippen LogP contribution >= 0.6 is 0 Å². The minimum Gasteiger partial charge on any atom is -0.392 e. The SMILES string of the molecule is Nc1ccc(C2CCOC2)c(CN2CC[C@@H](O)C2)n1. The molecule has 5 nitrogen and oxygen atoms in total. The quantitative estimate of drug-likeness (QED) is 0.841. The molecular weight excluding hydrogens is 242 g/mol. The Morgan fingerprint density at radius 1 is 1.42 bits per heavy atom. The van der Waals surface area contributed by atoms with E-state index < -0.39 is 0 Å². The van der Waals surface area contributed by atoms with E-state index in [1.54, 1.807) is 0 Å². The van der Waals surface area contributed by atoms with Crippen LogP contribution in [0.2, 0.25) is 0 Å². The molecule has 2 atom stereocenters. The molecule has 0 aromatic carbocycles. The minimum absolute atomic E-state index is 0.195. The number of pyridine rings is 1. The molecule has 2 fully saturated rings. The lowest BCUT2D eigenvalue weighted by atomic mass is 9.96. The number of rotatable bonds is 3. The van der Waals surface area contributed by atoms with Crippen molar-refractivity contribution in [1.29, 1.82) is 0 Å². The van der Waals surface area contributed by atoms with Gasteiger partial charge in [0.25, 0.3) is 0 Å². The van der Waals surface area contributed by atoms with E-state index >= 15 is 0 Å². The van der Waals surface area contributed by atoms with Gasteiger partial charge in [0.05, 0.1) is 18.4 Å². The first-order valence-electron chi connectivity index (χ1n) is 6.96. The number of aromatic nitrogens is 1. The zero-order valence-corrected chi connectivity index (χ0v) is 11.1. The largest absolute Gasteiger partial charge is 0.392 e. The van der Waals surface area contributed by atoms with Gasteiger partial charge < -0.3 is 15.6 Å². The van der Waals surface area contributed by atoms with Gasteiger partial charge in [-0.15, -0.1) is 0 Å². The molecule has 0 radical (unpaired) electrons. The molecule has 3 rings (SSSR count). The Morgan fingerprint density at radius 2 is 2.32 bits per heavy atom. The lowest BCUT2D eigenvalue weighted by molar-refractivity contribution is 0.174. The van der Waals surface area contributed by atoms with Gasteiger partial charge in [0, 0.05) is 32.2 Å². The lowest BCUT2D eigenvalue weighted by Crippen LogP contribution is -2.23. The third kappa shape index (κ3) is 2.88. The number of anilines is 1. The van der Waals surface area contributed by atoms with Crippen molar-refractivity contribution in [2.45, 2.75) is 31.4 Å². The van der Waals surface area contributed by atoms with E-state index in [1.165, 1.54) is 5.56 Å². The molecule has 0 aliphatic carbocycles. The van der Waals surface area contributed by atoms with Gasteiger partial charge in [-0.3, -0.25) is 4.90 Å². The van der Waals surface area contributed by atoms with Crippen molar-refractivity contribution in [2.24, 2.45) is 0 Å². The number of hydrogen-bond acceptors (Lipinski definition) is 5. The van der Waals surface area contributed by atoms with E-state index in [1.807, 2.05) is 6.07 Å². The zero-order valence-electron chi connectivity index (χ0n) is 11.1. The molecule has 1 unspecified atom stereocenters. The van der Waals surface area contributed by atoms with Crippen LogP contribution in [0.3, 0.4) is 0 Å². The van der Waals surface area contributed by atoms with Crippen molar-refractivity contribution in [3.63, 3.8) is 0 Å². The summed E-state index contributed by atoms with van der Waals surface area (Å²) in [5.74, 6) is 1.01. The van der Waals surface area contributed by atoms with Gasteiger partial charge in [-0.1, -0.05) is 6.07 Å². The van der Waals surface area contributed by atoms with Crippen molar-refractivity contribution >= 4 is 5.82 Å². The van der Waals surface area contributed by atoms with Gasteiger partial charge in [-0.2, -0.15) is 0 Å². The average molecular weight is 263 g/mol. The monoisotopic (exact) mass is 263 g/mol. The Morgan fingerprint density at radius 3 is 3.00 bits per heavy atom. The van der Waals surface area contributed by atoms with E-state index in [0.29, 0.717) is 11.7 Å². The van der Waals surface area contributed by atoms with Gasteiger partial charge in [0.1, 0.15) is 5.82 Å². The van der Waals surface area contributed by atoms with Gasteiger partial charge in [0.15, 0.2) is 0 Å². The Hall–Kier alpha value is -1.17. The second-order valence-corrected chi connectivity index (χ2v) is 5.51. The minimum atomic E-state index is -0.195. The van der Waals surface area contributed by atoms with Crippen molar-refractivity contribution in [3.8, 4) is 0 Å². The topological polar surface area (TPSA) is 71.6 Å². The van der Waals surface area contributed by atoms with Crippen LogP contribution in [0.5, 0.6) is 0 Å². The van der Waals surface area contributed by atoms with E-state index in [9.17, 15) is 5.11 Å². The Balaban J connectivity index is 1.79. The summed E-state index contributed by atoms with van der Waals surface area (Å²) in [5.41, 5.74) is 8.12. The highest BCUT2D eigenvalue weighted by Crippen LogP contribution is 2.29. The van der Waals surface area contributed by atoms with Crippen molar-refractivity contribution in [3.05, 3.63) is 23.4 Å². The van der Waals surface area contributed by atoms with Crippen molar-refractivity contribution in [1.82, 2.24) is 9.88 Å². The van der Waals surface area contributed by atoms with Gasteiger partial charge >= 0.3 is 0 Å². The Kier molecular flexibility index (Phi) is 3.68. The molecule has 2 aliphatic rings. The summed E-state index contributed by atoms with van der Waals surface area (Å²) in [4.78, 5) is 6.75. The Bertz CT molecular complexity index is 446. The molecule has 104 valence electrons. The number of β-amino-alcohol motifs (C(OH)–C–C–N with tert-alkyl or cyclic N) is 1. The molecule has 0 amide bonds. The van der Waals surface area contributed by atoms with E-state index in [4.69, 9.17) is 10.5 Å². The van der Waals surface area contributed by atoms with Crippen LogP contribution in [-0.2, 0) is 11.3 Å². The summed E-state index contributed by atoms with van der Waals surface area (Å²) in [6.07, 6.45) is 1.71. The first-order valence-corrected chi connectivity index (χ1v) is 6.96. The van der Waals surface area contributed by atoms with E-state index in [0.717, 1.165) is 51.4 Å². The first-order chi connectivity index (χ1) is 9.22. The second kappa shape index (κ2) is 5.45. The van der Waals surface area contributed by atoms with Crippen molar-refractivity contribution < 1.29 is 9.84 Å². The normalized spacial score (nSPS) is 28.1. The predicted molar refractivity (Wildman–Crippen MR) is 72.7 cm³/mol. The molecule has 0 bridgehead atoms. The number of likely N-dealkylation sites (tertiary alicyclic amines) is 1. The summed E-state index contributed by atoms with van der Waals surface area (Å²) in [5, 5.41) is 9.61. The highest BCUT2D eigenvalue weighted by atomic mass is 16.5. The third-order valence-electron chi connectivity index (χ3n) is 4.02. The van der Waals surface area contributed by atoms with Crippen LogP contribution in [0.1, 0.15) is 30.0 Å². The maximum absolute atomic E-state index is 9.61. The highest BCUT2D eigenvalue weighted by Gasteiger charge is 2.25. The fourth-order valence-electron chi connectivity index (χ4n) is 2.97. The standard InChI is InChI=1S/C14H21N3O2/c15-14-2-1-12(10-4-6-19-9-10)13(16-14)8-17-5-3-11(18)7-17/h1-2,10-11,18H,3-9H2,(H2,15,16)/t10?,11-/m1/s1. The molecular formula is C14H21N3O2. The van der Waals surface area contributed by atoms with Gasteiger partial charge in [0.2, 0.25) is 0 Å². The second-order valence-electron chi connectivity index (χ2n) is 5.51. The summed E-state index contributed by atoms with van der Waals surface area (Å²) >= 11 is 0. The highest BCUT2D eigenvalue weighted by molar-refractivity contribution is 5.36. The fraction of sp³-hybridized carbons (Fsp3) is 0.643. The molecule has 1 aromatic rings. The van der Waals surface area contributed by atoms with Crippen molar-refractivity contribution in [2.75, 3.05) is 32.0 Å². The lowest BCUT2D eigenvalue weighted by Gasteiger charge is -2.19. The number of hydrogen-bond donors (Lipinski definition) is 2. The molecule has 19 heavy (non-hydrogen) atoms. The van der Waals surface area contributed by atoms with Crippen LogP contribution in [-0.4, -0.2) is 47.4 Å². The molecule has 2 aliphatic heterocycles. The summed E-state index contributed by atoms with van der Waals surface area (Å²) in [6, 6.07) is 3.96. The van der Waals surface area contributed by atoms with Crippen LogP contribution in [0, 0.1) is 0 Å². The number of nitrogens with zero attached hydrogens (tertiary/aromatic N) is 2. The Labute approximate surface area is 113 Å². The molecule has 3 heterocycles. The van der Waals surface area contributed by atoms with E-state index in [2.05, 4.69) is 16.0 Å². The number of nitrogen functional groups attached to an aromatic ring is 1. The molecule has 5 heteroatoms. The van der Waals surface area contributed by atoms with Gasteiger partial charge in [-0.05, 0) is 24.5 Å². The van der Waals surface area contributed by atoms with Gasteiger partial charge in [-0.25, -0.2) is 4.98 Å². The van der Waals surface area contributed by atoms with Crippen LogP contribution < -0.4 is 5.73 Å². The van der Waals surface area contributed by atoms with Crippen LogP contribution in [0.4, 0.5) is 5.82 Å². The zero-order chi connectivity index (χ0) is 13.2. The first kappa shape index (κ1) is 12.8. The summed E-state index contributed by atoms with van der Waals surface area (Å²) in [6.45, 7) is 4.04. The average Bonchev–Trinajstić information content (AvgIpc) is 3.01. The smallest absolute Gasteiger partial charge is 0.123 e. The summed E-state index contributed by atoms with van der Waals surface area (Å²) in [7, 11) is 0. The maximum Gasteiger partial charge on any atom is 0.123 e. The molecule has 0 saturated carbocycles. The number of ether oxygens (including phenoxy) is 1. The molecule has 3 N–H and O–H groups in total. The number of aliphatic hydroxyl groups is 1. The number of aliphatic hydroxyl groups excluding tert-OH is 1. The number of nitrogens with two attached hydrogens (primary N) is 1. The third-order valence-corrected chi connectivity index (χ3v) is 4.02. The maximum atomic E-state index is 9.61. The fourth-order valence-corrected chi connectivity index (χ4v) is 2.97. The molecule has 2 saturated heterocycles. The molecule has 1 aromatic heterocycles. The van der Waals surface area contributed by atoms with Crippen LogP contribution in [0.15, 0.2) is 12.1 Å².